The van der Waals surface area contributed by atoms with Gasteiger partial charge in [0.05, 0.1) is 37.1 Å². The molecule has 16 heteroatoms. The first-order chi connectivity index (χ1) is 24.9. The zero-order chi connectivity index (χ0) is 37.3. The standard InChI is InChI=1S/C36H43ClFN5O8S/c1-5-43(18-13-24(14-19-43)23-11-16-39-17-12-23)51-35(45)41-36(26-8-7-15-40-33(26)50-6-2)27-21-28(37)29(38)22-30(27)42(34(36)44)52(46,47)32-10-9-25(48-3)20-31(32)49-4/h7-10,15,20-24,39H,5-6,11-14,16-19H2,1-4H3/p+1. The van der Waals surface area contributed by atoms with Crippen LogP contribution in [0, 0.1) is 17.7 Å². The summed E-state index contributed by atoms with van der Waals surface area (Å²) in [5.41, 5.74) is -2.85. The van der Waals surface area contributed by atoms with Crippen molar-refractivity contribution in [2.75, 3.05) is 57.9 Å². The Balaban J connectivity index is 1.46. The largest absolute Gasteiger partial charge is 0.497 e. The number of fused-ring (bicyclic) bond motifs is 1. The number of anilines is 1. The summed E-state index contributed by atoms with van der Waals surface area (Å²) >= 11 is 6.34. The molecule has 0 saturated carbocycles. The number of nitrogens with one attached hydrogen (secondary N) is 2. The van der Waals surface area contributed by atoms with E-state index >= 15 is 9.18 Å². The van der Waals surface area contributed by atoms with Crippen molar-refractivity contribution < 1.29 is 46.1 Å². The molecule has 3 aliphatic heterocycles. The first kappa shape index (κ1) is 37.6. The van der Waals surface area contributed by atoms with Crippen LogP contribution in [0.1, 0.15) is 50.7 Å². The highest BCUT2D eigenvalue weighted by atomic mass is 35.5. The van der Waals surface area contributed by atoms with E-state index in [4.69, 9.17) is 30.6 Å². The molecule has 0 radical (unpaired) electrons. The van der Waals surface area contributed by atoms with E-state index in [2.05, 4.69) is 15.6 Å². The minimum Gasteiger partial charge on any atom is -0.497 e. The summed E-state index contributed by atoms with van der Waals surface area (Å²) in [4.78, 5) is 39.6. The van der Waals surface area contributed by atoms with Crippen molar-refractivity contribution in [3.8, 4) is 17.4 Å². The van der Waals surface area contributed by atoms with Crippen molar-refractivity contribution in [1.82, 2.24) is 15.6 Å². The van der Waals surface area contributed by atoms with Gasteiger partial charge in [-0.05, 0) is 81.9 Å². The number of hydrogen-bond acceptors (Lipinski definition) is 10. The van der Waals surface area contributed by atoms with Gasteiger partial charge in [-0.3, -0.25) is 14.9 Å². The smallest absolute Gasteiger partial charge is 0.463 e. The van der Waals surface area contributed by atoms with Gasteiger partial charge in [-0.2, -0.15) is 4.31 Å². The van der Waals surface area contributed by atoms with Crippen LogP contribution in [0.2, 0.25) is 5.02 Å². The van der Waals surface area contributed by atoms with Crippen LogP contribution < -0.4 is 29.1 Å². The highest BCUT2D eigenvalue weighted by molar-refractivity contribution is 7.93. The van der Waals surface area contributed by atoms with Crippen molar-refractivity contribution in [2.45, 2.75) is 50.0 Å². The number of aromatic nitrogens is 1. The molecule has 4 heterocycles. The molecule has 1 atom stereocenters. The topological polar surface area (TPSA) is 145 Å². The van der Waals surface area contributed by atoms with E-state index in [1.165, 1.54) is 50.7 Å². The number of piperidine rings is 2. The van der Waals surface area contributed by atoms with E-state index in [0.29, 0.717) is 41.5 Å². The molecule has 2 amide bonds. The van der Waals surface area contributed by atoms with Crippen LogP contribution in [0.5, 0.6) is 17.4 Å². The number of carbonyl (C=O) groups is 2. The number of hydrogen-bond donors (Lipinski definition) is 2. The van der Waals surface area contributed by atoms with Gasteiger partial charge in [-0.25, -0.2) is 22.6 Å². The number of benzene rings is 2. The van der Waals surface area contributed by atoms with Gasteiger partial charge in [0.1, 0.15) is 41.8 Å². The first-order valence-corrected chi connectivity index (χ1v) is 19.2. The van der Waals surface area contributed by atoms with Crippen molar-refractivity contribution in [2.24, 2.45) is 11.8 Å². The number of amides is 2. The molecular formula is C36H44ClFN5O8S+. The number of halogens is 2. The van der Waals surface area contributed by atoms with Crippen molar-refractivity contribution in [3.05, 3.63) is 70.6 Å². The van der Waals surface area contributed by atoms with E-state index in [1.54, 1.807) is 6.92 Å². The SMILES string of the molecule is CCOc1ncccc1C1(NC(=O)O[N+]2(CC)CCC(C3CCNCC3)CC2)C(=O)N(S(=O)(=O)c2ccc(OC)cc2OC)c2cc(F)c(Cl)cc21. The van der Waals surface area contributed by atoms with Crippen LogP contribution in [0.25, 0.3) is 0 Å². The van der Waals surface area contributed by atoms with Crippen LogP contribution in [-0.2, 0) is 25.2 Å². The highest BCUT2D eigenvalue weighted by Crippen LogP contribution is 2.51. The molecule has 3 aromatic rings. The Hall–Kier alpha value is -4.18. The number of rotatable bonds is 11. The van der Waals surface area contributed by atoms with Gasteiger partial charge in [0.15, 0.2) is 5.54 Å². The quantitative estimate of drug-likeness (QED) is 0.252. The summed E-state index contributed by atoms with van der Waals surface area (Å²) in [5.74, 6) is -0.936. The van der Waals surface area contributed by atoms with Gasteiger partial charge in [0.25, 0.3) is 15.9 Å². The number of hydroxylamine groups is 3. The lowest BCUT2D eigenvalue weighted by Gasteiger charge is -2.42. The molecule has 280 valence electrons. The predicted molar refractivity (Wildman–Crippen MR) is 190 cm³/mol. The molecule has 1 aromatic heterocycles. The zero-order valence-corrected chi connectivity index (χ0v) is 31.2. The predicted octanol–water partition coefficient (Wildman–Crippen LogP) is 5.16. The number of likely N-dealkylation sites (tertiary alicyclic amines) is 1. The summed E-state index contributed by atoms with van der Waals surface area (Å²) in [6, 6.07) is 8.92. The number of nitrogens with zero attached hydrogens (tertiary/aromatic N) is 3. The lowest BCUT2D eigenvalue weighted by Crippen LogP contribution is -2.60. The Morgan fingerprint density at radius 1 is 1.06 bits per heavy atom. The number of pyridine rings is 1. The third-order valence-electron chi connectivity index (χ3n) is 10.5. The molecule has 52 heavy (non-hydrogen) atoms. The fraction of sp³-hybridized carbons (Fsp3) is 0.472. The monoisotopic (exact) mass is 760 g/mol. The average molecular weight is 761 g/mol. The maximum absolute atomic E-state index is 15.3. The Morgan fingerprint density at radius 3 is 2.42 bits per heavy atom. The molecule has 13 nitrogen and oxygen atoms in total. The molecular weight excluding hydrogens is 717 g/mol. The summed E-state index contributed by atoms with van der Waals surface area (Å²) in [6.45, 7) is 7.36. The van der Waals surface area contributed by atoms with Crippen LogP contribution in [0.15, 0.2) is 53.6 Å². The van der Waals surface area contributed by atoms with Gasteiger partial charge in [-0.15, -0.1) is 4.65 Å². The van der Waals surface area contributed by atoms with E-state index < -0.39 is 43.3 Å². The lowest BCUT2D eigenvalue weighted by molar-refractivity contribution is -1.09. The summed E-state index contributed by atoms with van der Waals surface area (Å²) in [5, 5.41) is 5.75. The Morgan fingerprint density at radius 2 is 1.77 bits per heavy atom. The van der Waals surface area contributed by atoms with Crippen molar-refractivity contribution in [3.63, 3.8) is 0 Å². The van der Waals surface area contributed by atoms with Crippen LogP contribution in [0.3, 0.4) is 0 Å². The van der Waals surface area contributed by atoms with Gasteiger partial charge < -0.3 is 19.5 Å². The lowest BCUT2D eigenvalue weighted by atomic mass is 9.79. The number of quaternary nitrogens is 1. The molecule has 0 aliphatic carbocycles. The number of ether oxygens (including phenoxy) is 3. The minimum atomic E-state index is -4.87. The van der Waals surface area contributed by atoms with Crippen LogP contribution in [-0.4, -0.2) is 83.6 Å². The molecule has 0 spiro atoms. The van der Waals surface area contributed by atoms with Crippen molar-refractivity contribution in [1.29, 1.82) is 0 Å². The summed E-state index contributed by atoms with van der Waals surface area (Å²) in [7, 11) is -2.20. The van der Waals surface area contributed by atoms with Gasteiger partial charge in [0, 0.05) is 36.7 Å². The van der Waals surface area contributed by atoms with Crippen LogP contribution in [0.4, 0.5) is 14.9 Å². The van der Waals surface area contributed by atoms with E-state index in [1.807, 2.05) is 6.92 Å². The Bertz CT molecular complexity index is 1940. The molecule has 2 fully saturated rings. The second-order valence-electron chi connectivity index (χ2n) is 13.2. The average Bonchev–Trinajstić information content (AvgIpc) is 3.39. The van der Waals surface area contributed by atoms with E-state index in [9.17, 15) is 13.2 Å². The molecule has 0 bridgehead atoms. The third-order valence-corrected chi connectivity index (χ3v) is 12.5. The van der Waals surface area contributed by atoms with Crippen molar-refractivity contribution >= 4 is 39.3 Å². The van der Waals surface area contributed by atoms with Gasteiger partial charge >= 0.3 is 6.09 Å². The number of sulfonamides is 1. The number of carbonyl (C=O) groups excluding carboxylic acids is 2. The van der Waals surface area contributed by atoms with E-state index in [0.717, 1.165) is 50.9 Å². The molecule has 2 aromatic carbocycles. The normalized spacial score (nSPS) is 23.5. The first-order valence-electron chi connectivity index (χ1n) is 17.4. The third kappa shape index (κ3) is 6.63. The molecule has 2 N–H and O–H groups in total. The highest BCUT2D eigenvalue weighted by Gasteiger charge is 2.60. The summed E-state index contributed by atoms with van der Waals surface area (Å²) in [6.07, 6.45) is 4.38. The number of methoxy groups -OCH3 is 2. The summed E-state index contributed by atoms with van der Waals surface area (Å²) < 4.78 is 61.5. The second-order valence-corrected chi connectivity index (χ2v) is 15.3. The minimum absolute atomic E-state index is 0.00483. The maximum Gasteiger partial charge on any atom is 0.463 e. The Labute approximate surface area is 307 Å². The zero-order valence-electron chi connectivity index (χ0n) is 29.6. The molecule has 2 saturated heterocycles. The molecule has 3 aliphatic rings. The fourth-order valence-corrected chi connectivity index (χ4v) is 9.51. The molecule has 1 unspecified atom stereocenters. The fourth-order valence-electron chi connectivity index (χ4n) is 7.75. The maximum atomic E-state index is 15.3. The van der Waals surface area contributed by atoms with Gasteiger partial charge in [0.2, 0.25) is 5.88 Å². The molecule has 6 rings (SSSR count). The van der Waals surface area contributed by atoms with Gasteiger partial charge in [-0.1, -0.05) is 11.6 Å². The van der Waals surface area contributed by atoms with E-state index in [-0.39, 0.29) is 39.7 Å². The van der Waals surface area contributed by atoms with Crippen LogP contribution >= 0.6 is 11.6 Å². The Kier molecular flexibility index (Phi) is 10.9. The second kappa shape index (κ2) is 15.0.